The van der Waals surface area contributed by atoms with Crippen LogP contribution in [0, 0.1) is 5.92 Å². The molecule has 2 aromatic rings. The van der Waals surface area contributed by atoms with Crippen LogP contribution in [-0.4, -0.2) is 11.5 Å². The summed E-state index contributed by atoms with van der Waals surface area (Å²) in [5.74, 6) is 0.646. The first kappa shape index (κ1) is 15.0. The summed E-state index contributed by atoms with van der Waals surface area (Å²) in [6.45, 7) is 7.89. The van der Waals surface area contributed by atoms with E-state index < -0.39 is 0 Å². The van der Waals surface area contributed by atoms with E-state index in [-0.39, 0.29) is 0 Å². The van der Waals surface area contributed by atoms with Gasteiger partial charge in [-0.15, -0.1) is 0 Å². The highest BCUT2D eigenvalue weighted by Gasteiger charge is 2.18. The van der Waals surface area contributed by atoms with Gasteiger partial charge < -0.3 is 5.32 Å². The van der Waals surface area contributed by atoms with Crippen molar-refractivity contribution in [2.24, 2.45) is 5.92 Å². The van der Waals surface area contributed by atoms with Gasteiger partial charge in [0.1, 0.15) is 0 Å². The van der Waals surface area contributed by atoms with Crippen LogP contribution in [0.4, 0.5) is 0 Å². The predicted molar refractivity (Wildman–Crippen MR) is 86.8 cm³/mol. The average Bonchev–Trinajstić information content (AvgIpc) is 2.48. The van der Waals surface area contributed by atoms with E-state index in [0.717, 1.165) is 12.1 Å². The zero-order chi connectivity index (χ0) is 14.4. The van der Waals surface area contributed by atoms with E-state index in [9.17, 15) is 0 Å². The molecule has 0 amide bonds. The monoisotopic (exact) mass is 270 g/mol. The number of nitrogens with zero attached hydrogens (tertiary/aromatic N) is 1. The Balaban J connectivity index is 2.29. The first-order valence-corrected chi connectivity index (χ1v) is 7.84. The lowest BCUT2D eigenvalue weighted by atomic mass is 9.90. The van der Waals surface area contributed by atoms with Crippen molar-refractivity contribution in [3.8, 4) is 0 Å². The molecule has 2 heteroatoms. The smallest absolute Gasteiger partial charge is 0.0705 e. The van der Waals surface area contributed by atoms with Crippen LogP contribution in [0.25, 0.3) is 10.9 Å². The lowest BCUT2D eigenvalue weighted by Gasteiger charge is -2.25. The number of hydrogen-bond donors (Lipinski definition) is 1. The highest BCUT2D eigenvalue weighted by molar-refractivity contribution is 5.79. The Bertz CT molecular complexity index is 536. The molecular formula is C18H26N2. The first-order valence-electron chi connectivity index (χ1n) is 7.84. The Morgan fingerprint density at radius 1 is 1.15 bits per heavy atom. The number of pyridine rings is 1. The molecule has 2 rings (SSSR count). The van der Waals surface area contributed by atoms with Gasteiger partial charge in [0, 0.05) is 17.6 Å². The third-order valence-electron chi connectivity index (χ3n) is 3.92. The van der Waals surface area contributed by atoms with E-state index in [4.69, 9.17) is 0 Å². The molecule has 0 aliphatic rings. The quantitative estimate of drug-likeness (QED) is 0.788. The molecule has 2 atom stereocenters. The summed E-state index contributed by atoms with van der Waals surface area (Å²) in [5, 5.41) is 4.92. The third-order valence-corrected chi connectivity index (χ3v) is 3.92. The number of hydrogen-bond acceptors (Lipinski definition) is 2. The van der Waals surface area contributed by atoms with Crippen molar-refractivity contribution in [2.75, 3.05) is 6.54 Å². The van der Waals surface area contributed by atoms with Gasteiger partial charge in [0.25, 0.3) is 0 Å². The standard InChI is InChI=1S/C18H26N2/c1-4-7-14(3)18(20-11-5-2)16-10-9-15-8-6-12-19-17(15)13-16/h6,8-10,12-14,18,20H,4-5,7,11H2,1-3H3. The molecule has 0 spiro atoms. The van der Waals surface area contributed by atoms with Crippen LogP contribution in [0.5, 0.6) is 0 Å². The van der Waals surface area contributed by atoms with Gasteiger partial charge in [0.05, 0.1) is 5.52 Å². The van der Waals surface area contributed by atoms with Crippen molar-refractivity contribution in [1.82, 2.24) is 10.3 Å². The van der Waals surface area contributed by atoms with E-state index in [1.165, 1.54) is 30.2 Å². The van der Waals surface area contributed by atoms with Crippen LogP contribution in [0.15, 0.2) is 36.5 Å². The fraction of sp³-hybridized carbons (Fsp3) is 0.500. The number of aromatic nitrogens is 1. The van der Waals surface area contributed by atoms with E-state index in [1.54, 1.807) is 0 Å². The van der Waals surface area contributed by atoms with Crippen molar-refractivity contribution >= 4 is 10.9 Å². The van der Waals surface area contributed by atoms with Gasteiger partial charge in [-0.1, -0.05) is 45.4 Å². The molecule has 0 radical (unpaired) electrons. The van der Waals surface area contributed by atoms with Crippen LogP contribution in [0.1, 0.15) is 51.6 Å². The molecule has 0 fully saturated rings. The van der Waals surface area contributed by atoms with E-state index in [0.29, 0.717) is 12.0 Å². The predicted octanol–water partition coefficient (Wildman–Crippen LogP) is 4.71. The van der Waals surface area contributed by atoms with Crippen LogP contribution in [0.3, 0.4) is 0 Å². The Hall–Kier alpha value is -1.41. The lowest BCUT2D eigenvalue weighted by Crippen LogP contribution is -2.27. The Kier molecular flexibility index (Phi) is 5.54. The molecule has 1 aromatic heterocycles. The van der Waals surface area contributed by atoms with Crippen LogP contribution in [-0.2, 0) is 0 Å². The molecule has 0 aliphatic heterocycles. The second-order valence-corrected chi connectivity index (χ2v) is 5.65. The first-order chi connectivity index (χ1) is 9.76. The Labute approximate surface area is 122 Å². The second kappa shape index (κ2) is 7.39. The molecule has 0 saturated carbocycles. The highest BCUT2D eigenvalue weighted by atomic mass is 14.9. The summed E-state index contributed by atoms with van der Waals surface area (Å²) < 4.78 is 0. The minimum absolute atomic E-state index is 0.432. The summed E-state index contributed by atoms with van der Waals surface area (Å²) in [4.78, 5) is 4.48. The maximum absolute atomic E-state index is 4.48. The molecule has 2 nitrogen and oxygen atoms in total. The molecule has 2 unspecified atom stereocenters. The zero-order valence-corrected chi connectivity index (χ0v) is 12.9. The number of rotatable bonds is 7. The highest BCUT2D eigenvalue weighted by Crippen LogP contribution is 2.27. The number of fused-ring (bicyclic) bond motifs is 1. The minimum atomic E-state index is 0.432. The van der Waals surface area contributed by atoms with Gasteiger partial charge in [-0.25, -0.2) is 0 Å². The Morgan fingerprint density at radius 2 is 2.00 bits per heavy atom. The Morgan fingerprint density at radius 3 is 2.75 bits per heavy atom. The van der Waals surface area contributed by atoms with Crippen molar-refractivity contribution in [1.29, 1.82) is 0 Å². The summed E-state index contributed by atoms with van der Waals surface area (Å²) in [6, 6.07) is 11.2. The molecule has 0 aliphatic carbocycles. The molecule has 0 saturated heterocycles. The second-order valence-electron chi connectivity index (χ2n) is 5.65. The topological polar surface area (TPSA) is 24.9 Å². The van der Waals surface area contributed by atoms with Crippen molar-refractivity contribution < 1.29 is 0 Å². The number of nitrogens with one attached hydrogen (secondary N) is 1. The average molecular weight is 270 g/mol. The molecular weight excluding hydrogens is 244 g/mol. The zero-order valence-electron chi connectivity index (χ0n) is 12.9. The van der Waals surface area contributed by atoms with Gasteiger partial charge in [0.2, 0.25) is 0 Å². The van der Waals surface area contributed by atoms with Crippen molar-refractivity contribution in [3.05, 3.63) is 42.1 Å². The van der Waals surface area contributed by atoms with Crippen LogP contribution < -0.4 is 5.32 Å². The molecule has 1 aromatic carbocycles. The van der Waals surface area contributed by atoms with E-state index in [1.807, 2.05) is 12.3 Å². The minimum Gasteiger partial charge on any atom is -0.310 e. The van der Waals surface area contributed by atoms with Gasteiger partial charge in [-0.3, -0.25) is 4.98 Å². The van der Waals surface area contributed by atoms with Crippen LogP contribution >= 0.6 is 0 Å². The summed E-state index contributed by atoms with van der Waals surface area (Å²) in [7, 11) is 0. The van der Waals surface area contributed by atoms with Crippen molar-refractivity contribution in [3.63, 3.8) is 0 Å². The molecule has 108 valence electrons. The molecule has 0 bridgehead atoms. The summed E-state index contributed by atoms with van der Waals surface area (Å²) in [6.07, 6.45) is 5.52. The van der Waals surface area contributed by atoms with Gasteiger partial charge >= 0.3 is 0 Å². The van der Waals surface area contributed by atoms with Gasteiger partial charge in [-0.2, -0.15) is 0 Å². The maximum Gasteiger partial charge on any atom is 0.0705 e. The summed E-state index contributed by atoms with van der Waals surface area (Å²) >= 11 is 0. The lowest BCUT2D eigenvalue weighted by molar-refractivity contribution is 0.363. The summed E-state index contributed by atoms with van der Waals surface area (Å²) in [5.41, 5.74) is 2.46. The number of benzene rings is 1. The van der Waals surface area contributed by atoms with Crippen LogP contribution in [0.2, 0.25) is 0 Å². The maximum atomic E-state index is 4.48. The molecule has 1 heterocycles. The fourth-order valence-electron chi connectivity index (χ4n) is 2.85. The SMILES string of the molecule is CCCNC(c1ccc2cccnc2c1)C(C)CCC. The van der Waals surface area contributed by atoms with Gasteiger partial charge in [0.15, 0.2) is 0 Å². The molecule has 20 heavy (non-hydrogen) atoms. The third kappa shape index (κ3) is 3.57. The fourth-order valence-corrected chi connectivity index (χ4v) is 2.85. The largest absolute Gasteiger partial charge is 0.310 e. The normalized spacial score (nSPS) is 14.3. The molecule has 1 N–H and O–H groups in total. The van der Waals surface area contributed by atoms with E-state index >= 15 is 0 Å². The van der Waals surface area contributed by atoms with Gasteiger partial charge in [-0.05, 0) is 43.0 Å². The van der Waals surface area contributed by atoms with Crippen molar-refractivity contribution in [2.45, 2.75) is 46.1 Å². The van der Waals surface area contributed by atoms with E-state index in [2.05, 4.69) is 55.3 Å².